The zero-order chi connectivity index (χ0) is 14.5. The Bertz CT molecular complexity index is 582. The molecule has 0 aliphatic rings. The van der Waals surface area contributed by atoms with Crippen molar-refractivity contribution >= 4 is 21.6 Å². The molecule has 0 saturated carbocycles. The van der Waals surface area contributed by atoms with Crippen LogP contribution in [0.15, 0.2) is 40.9 Å². The molecule has 0 saturated heterocycles. The van der Waals surface area contributed by atoms with Gasteiger partial charge in [0.1, 0.15) is 17.3 Å². The van der Waals surface area contributed by atoms with Crippen LogP contribution in [-0.4, -0.2) is 14.2 Å². The van der Waals surface area contributed by atoms with Crippen molar-refractivity contribution in [1.82, 2.24) is 0 Å². The van der Waals surface area contributed by atoms with Gasteiger partial charge in [0, 0.05) is 22.8 Å². The van der Waals surface area contributed by atoms with E-state index in [2.05, 4.69) is 21.2 Å². The summed E-state index contributed by atoms with van der Waals surface area (Å²) in [6, 6.07) is 10.2. The largest absolute Gasteiger partial charge is 0.497 e. The minimum Gasteiger partial charge on any atom is -0.497 e. The number of rotatable bonds is 5. The van der Waals surface area contributed by atoms with E-state index in [-0.39, 0.29) is 5.82 Å². The predicted molar refractivity (Wildman–Crippen MR) is 81.0 cm³/mol. The fourth-order valence-electron chi connectivity index (χ4n) is 1.80. The molecule has 0 radical (unpaired) electrons. The normalized spacial score (nSPS) is 10.2. The molecule has 0 amide bonds. The summed E-state index contributed by atoms with van der Waals surface area (Å²) in [5, 5.41) is 3.23. The molecule has 1 N–H and O–H groups in total. The smallest absolute Gasteiger partial charge is 0.124 e. The first-order chi connectivity index (χ1) is 9.62. The zero-order valence-electron chi connectivity index (χ0n) is 11.2. The topological polar surface area (TPSA) is 30.5 Å². The molecule has 0 fully saturated rings. The molecule has 0 spiro atoms. The molecule has 0 aliphatic heterocycles. The Labute approximate surface area is 125 Å². The maximum Gasteiger partial charge on any atom is 0.124 e. The van der Waals surface area contributed by atoms with Crippen molar-refractivity contribution in [3.63, 3.8) is 0 Å². The second-order valence-corrected chi connectivity index (χ2v) is 5.05. The third kappa shape index (κ3) is 3.63. The lowest BCUT2D eigenvalue weighted by Crippen LogP contribution is -2.01. The Morgan fingerprint density at radius 3 is 2.25 bits per heavy atom. The van der Waals surface area contributed by atoms with Crippen molar-refractivity contribution < 1.29 is 13.9 Å². The average Bonchev–Trinajstić information content (AvgIpc) is 2.46. The highest BCUT2D eigenvalue weighted by Gasteiger charge is 2.04. The highest BCUT2D eigenvalue weighted by atomic mass is 79.9. The Balaban J connectivity index is 2.13. The van der Waals surface area contributed by atoms with Gasteiger partial charge in [-0.15, -0.1) is 0 Å². The van der Waals surface area contributed by atoms with Gasteiger partial charge >= 0.3 is 0 Å². The quantitative estimate of drug-likeness (QED) is 0.884. The number of anilines is 1. The van der Waals surface area contributed by atoms with Gasteiger partial charge in [-0.2, -0.15) is 0 Å². The number of methoxy groups -OCH3 is 2. The van der Waals surface area contributed by atoms with E-state index in [9.17, 15) is 4.39 Å². The number of ether oxygens (including phenoxy) is 2. The lowest BCUT2D eigenvalue weighted by molar-refractivity contribution is 0.393. The minimum atomic E-state index is -0.273. The molecule has 0 aromatic heterocycles. The lowest BCUT2D eigenvalue weighted by Gasteiger charge is -2.11. The summed E-state index contributed by atoms with van der Waals surface area (Å²) in [5.41, 5.74) is 1.84. The number of benzene rings is 2. The third-order valence-electron chi connectivity index (χ3n) is 2.83. The number of nitrogens with one attached hydrogen (secondary N) is 1. The fraction of sp³-hybridized carbons (Fsp3) is 0.200. The molecule has 2 rings (SSSR count). The van der Waals surface area contributed by atoms with Crippen LogP contribution in [0.1, 0.15) is 5.56 Å². The Hall–Kier alpha value is -1.75. The first-order valence-corrected chi connectivity index (χ1v) is 6.82. The van der Waals surface area contributed by atoms with E-state index >= 15 is 0 Å². The van der Waals surface area contributed by atoms with Crippen molar-refractivity contribution in [2.24, 2.45) is 0 Å². The molecule has 0 heterocycles. The molecule has 0 bridgehead atoms. The molecule has 0 atom stereocenters. The van der Waals surface area contributed by atoms with E-state index in [4.69, 9.17) is 9.47 Å². The first-order valence-electron chi connectivity index (χ1n) is 6.03. The zero-order valence-corrected chi connectivity index (χ0v) is 12.8. The van der Waals surface area contributed by atoms with E-state index in [1.165, 1.54) is 12.1 Å². The summed E-state index contributed by atoms with van der Waals surface area (Å²) in [7, 11) is 3.23. The number of halogens is 2. The van der Waals surface area contributed by atoms with Crippen molar-refractivity contribution in [2.45, 2.75) is 6.54 Å². The van der Waals surface area contributed by atoms with Crippen LogP contribution in [-0.2, 0) is 6.54 Å². The monoisotopic (exact) mass is 339 g/mol. The Morgan fingerprint density at radius 2 is 1.70 bits per heavy atom. The van der Waals surface area contributed by atoms with Crippen LogP contribution in [0.4, 0.5) is 10.1 Å². The molecular weight excluding hydrogens is 325 g/mol. The van der Waals surface area contributed by atoms with Gasteiger partial charge in [-0.3, -0.25) is 0 Å². The second-order valence-electron chi connectivity index (χ2n) is 4.20. The Kier molecular flexibility index (Phi) is 4.84. The maximum atomic E-state index is 13.0. The van der Waals surface area contributed by atoms with Crippen LogP contribution >= 0.6 is 15.9 Å². The van der Waals surface area contributed by atoms with Crippen molar-refractivity contribution in [3.8, 4) is 11.5 Å². The van der Waals surface area contributed by atoms with E-state index < -0.39 is 0 Å². The van der Waals surface area contributed by atoms with Crippen LogP contribution in [0, 0.1) is 5.82 Å². The van der Waals surface area contributed by atoms with Gasteiger partial charge in [0.15, 0.2) is 0 Å². The fourth-order valence-corrected chi connectivity index (χ4v) is 2.29. The molecule has 0 aliphatic carbocycles. The molecule has 106 valence electrons. The average molecular weight is 340 g/mol. The molecule has 5 heteroatoms. The highest BCUT2D eigenvalue weighted by Crippen LogP contribution is 2.26. The van der Waals surface area contributed by atoms with Crippen molar-refractivity contribution in [2.75, 3.05) is 19.5 Å². The van der Waals surface area contributed by atoms with Gasteiger partial charge in [-0.25, -0.2) is 4.39 Å². The van der Waals surface area contributed by atoms with Gasteiger partial charge < -0.3 is 14.8 Å². The van der Waals surface area contributed by atoms with Crippen molar-refractivity contribution in [1.29, 1.82) is 0 Å². The maximum absolute atomic E-state index is 13.0. The van der Waals surface area contributed by atoms with E-state index in [1.54, 1.807) is 20.3 Å². The molecule has 2 aromatic carbocycles. The van der Waals surface area contributed by atoms with Crippen LogP contribution in [0.3, 0.4) is 0 Å². The van der Waals surface area contributed by atoms with Crippen LogP contribution in [0.25, 0.3) is 0 Å². The lowest BCUT2D eigenvalue weighted by atomic mass is 10.2. The molecular formula is C15H15BrFNO2. The summed E-state index contributed by atoms with van der Waals surface area (Å²) in [4.78, 5) is 0. The van der Waals surface area contributed by atoms with Gasteiger partial charge in [-0.05, 0) is 51.8 Å². The van der Waals surface area contributed by atoms with E-state index in [1.807, 2.05) is 18.2 Å². The summed E-state index contributed by atoms with van der Waals surface area (Å²) >= 11 is 3.33. The molecule has 0 unspecified atom stereocenters. The molecule has 2 aromatic rings. The summed E-state index contributed by atoms with van der Waals surface area (Å²) in [6.45, 7) is 0.581. The summed E-state index contributed by atoms with van der Waals surface area (Å²) in [5.74, 6) is 1.20. The number of hydrogen-bond donors (Lipinski definition) is 1. The van der Waals surface area contributed by atoms with Gasteiger partial charge in [0.2, 0.25) is 0 Å². The van der Waals surface area contributed by atoms with Crippen LogP contribution in [0.5, 0.6) is 11.5 Å². The third-order valence-corrected chi connectivity index (χ3v) is 3.48. The van der Waals surface area contributed by atoms with Crippen molar-refractivity contribution in [3.05, 3.63) is 52.3 Å². The van der Waals surface area contributed by atoms with Crippen LogP contribution in [0.2, 0.25) is 0 Å². The summed E-state index contributed by atoms with van der Waals surface area (Å²) in [6.07, 6.45) is 0. The van der Waals surface area contributed by atoms with Gasteiger partial charge in [0.05, 0.1) is 14.2 Å². The van der Waals surface area contributed by atoms with E-state index in [0.29, 0.717) is 11.0 Å². The predicted octanol–water partition coefficient (Wildman–Crippen LogP) is 4.22. The second kappa shape index (κ2) is 6.61. The first kappa shape index (κ1) is 14.7. The van der Waals surface area contributed by atoms with E-state index in [0.717, 1.165) is 22.7 Å². The standard InChI is InChI=1S/C15H15BrFNO2/c1-19-12-5-10(6-13(8-12)20-2)9-18-15-4-3-11(17)7-14(15)16/h3-8,18H,9H2,1-2H3. The number of hydrogen-bond acceptors (Lipinski definition) is 3. The summed E-state index contributed by atoms with van der Waals surface area (Å²) < 4.78 is 24.1. The minimum absolute atomic E-state index is 0.273. The van der Waals surface area contributed by atoms with Crippen LogP contribution < -0.4 is 14.8 Å². The Morgan fingerprint density at radius 1 is 1.05 bits per heavy atom. The molecule has 20 heavy (non-hydrogen) atoms. The SMILES string of the molecule is COc1cc(CNc2ccc(F)cc2Br)cc(OC)c1. The van der Waals surface area contributed by atoms with Gasteiger partial charge in [0.25, 0.3) is 0 Å². The highest BCUT2D eigenvalue weighted by molar-refractivity contribution is 9.10. The van der Waals surface area contributed by atoms with Gasteiger partial charge in [-0.1, -0.05) is 0 Å². The molecule has 3 nitrogen and oxygen atoms in total.